The number of hydrogen-bond acceptors (Lipinski definition) is 5. The third kappa shape index (κ3) is 4.10. The maximum absolute atomic E-state index is 12.2. The summed E-state index contributed by atoms with van der Waals surface area (Å²) in [5.74, 6) is 0.849. The molecule has 1 saturated carbocycles. The van der Waals surface area contributed by atoms with E-state index >= 15 is 0 Å². The molecule has 1 N–H and O–H groups in total. The van der Waals surface area contributed by atoms with Gasteiger partial charge in [0.1, 0.15) is 11.8 Å². The van der Waals surface area contributed by atoms with Gasteiger partial charge >= 0.3 is 0 Å². The van der Waals surface area contributed by atoms with Gasteiger partial charge in [0.05, 0.1) is 28.2 Å². The lowest BCUT2D eigenvalue weighted by atomic mass is 9.92. The number of nitrogens with zero attached hydrogens (tertiary/aromatic N) is 3. The van der Waals surface area contributed by atoms with Gasteiger partial charge < -0.3 is 9.09 Å². The molecule has 7 nitrogen and oxygen atoms in total. The summed E-state index contributed by atoms with van der Waals surface area (Å²) in [5.41, 5.74) is 6.79. The second-order valence-corrected chi connectivity index (χ2v) is 11.1. The molecule has 35 heavy (non-hydrogen) atoms. The molecular weight excluding hydrogens is 460 g/mol. The van der Waals surface area contributed by atoms with Crippen molar-refractivity contribution in [2.24, 2.45) is 0 Å². The zero-order valence-corrected chi connectivity index (χ0v) is 20.9. The topological polar surface area (TPSA) is 101 Å². The number of benzene rings is 2. The van der Waals surface area contributed by atoms with Crippen LogP contribution in [0.1, 0.15) is 55.7 Å². The molecule has 0 radical (unpaired) electrons. The fourth-order valence-corrected chi connectivity index (χ4v) is 6.11. The summed E-state index contributed by atoms with van der Waals surface area (Å²) < 4.78 is 34.7. The van der Waals surface area contributed by atoms with Crippen LogP contribution in [0.25, 0.3) is 33.3 Å². The predicted molar refractivity (Wildman–Crippen MR) is 138 cm³/mol. The minimum atomic E-state index is -3.37. The lowest BCUT2D eigenvalue weighted by Gasteiger charge is -2.30. The van der Waals surface area contributed by atoms with Crippen molar-refractivity contribution >= 4 is 26.6 Å². The van der Waals surface area contributed by atoms with Crippen molar-refractivity contribution in [3.8, 4) is 28.5 Å². The Morgan fingerprint density at radius 2 is 1.86 bits per heavy atom. The van der Waals surface area contributed by atoms with E-state index in [-0.39, 0.29) is 5.75 Å². The molecule has 0 unspecified atom stereocenters. The van der Waals surface area contributed by atoms with E-state index in [0.29, 0.717) is 23.7 Å². The molecule has 4 aromatic rings. The van der Waals surface area contributed by atoms with Crippen LogP contribution in [0.5, 0.6) is 0 Å². The van der Waals surface area contributed by atoms with Gasteiger partial charge in [0.15, 0.2) is 0 Å². The number of nitriles is 1. The van der Waals surface area contributed by atoms with Gasteiger partial charge in [-0.25, -0.2) is 8.42 Å². The van der Waals surface area contributed by atoms with Crippen molar-refractivity contribution in [1.82, 2.24) is 9.72 Å². The molecule has 1 fully saturated rings. The maximum Gasteiger partial charge on any atom is 0.232 e. The standard InChI is InChI=1S/C27H28N4O3S/c1-4-14-35(32,33)30-21-11-8-19(9-12-21)27-24(16-28)23-13-10-20(26-17(2)29-34-18(26)3)15-25(23)31(27)22-6-5-7-22/h8-13,15,22,30H,4-7,14H2,1-3H3. The molecule has 2 aromatic heterocycles. The van der Waals surface area contributed by atoms with Crippen LogP contribution in [0.2, 0.25) is 0 Å². The largest absolute Gasteiger partial charge is 0.361 e. The Balaban J connectivity index is 1.66. The maximum atomic E-state index is 12.2. The highest BCUT2D eigenvalue weighted by molar-refractivity contribution is 7.92. The second-order valence-electron chi connectivity index (χ2n) is 9.22. The normalized spacial score (nSPS) is 14.1. The van der Waals surface area contributed by atoms with Crippen molar-refractivity contribution in [3.63, 3.8) is 0 Å². The van der Waals surface area contributed by atoms with Gasteiger partial charge in [-0.2, -0.15) is 5.26 Å². The van der Waals surface area contributed by atoms with E-state index in [4.69, 9.17) is 4.52 Å². The first-order chi connectivity index (χ1) is 16.8. The fraction of sp³-hybridized carbons (Fsp3) is 0.333. The highest BCUT2D eigenvalue weighted by Crippen LogP contribution is 2.44. The van der Waals surface area contributed by atoms with E-state index in [1.807, 2.05) is 45.0 Å². The Hall–Kier alpha value is -3.57. The molecule has 5 rings (SSSR count). The quantitative estimate of drug-likeness (QED) is 0.328. The van der Waals surface area contributed by atoms with Crippen LogP contribution >= 0.6 is 0 Å². The molecule has 0 spiro atoms. The van der Waals surface area contributed by atoms with Crippen LogP contribution in [-0.2, 0) is 10.0 Å². The van der Waals surface area contributed by atoms with Crippen LogP contribution in [-0.4, -0.2) is 23.9 Å². The highest BCUT2D eigenvalue weighted by atomic mass is 32.2. The van der Waals surface area contributed by atoms with E-state index in [1.54, 1.807) is 12.1 Å². The number of rotatable bonds is 7. The van der Waals surface area contributed by atoms with E-state index < -0.39 is 10.0 Å². The molecule has 0 aliphatic heterocycles. The number of sulfonamides is 1. The SMILES string of the molecule is CCCS(=O)(=O)Nc1ccc(-c2c(C#N)c3ccc(-c4c(C)noc4C)cc3n2C2CCC2)cc1. The van der Waals surface area contributed by atoms with Crippen LogP contribution in [0.15, 0.2) is 47.0 Å². The Morgan fingerprint density at radius 3 is 2.43 bits per heavy atom. The van der Waals surface area contributed by atoms with Crippen molar-refractivity contribution in [2.45, 2.75) is 52.5 Å². The molecular formula is C27H28N4O3S. The summed E-state index contributed by atoms with van der Waals surface area (Å²) >= 11 is 0. The Labute approximate surface area is 205 Å². The molecule has 1 aliphatic rings. The lowest BCUT2D eigenvalue weighted by Crippen LogP contribution is -2.18. The molecule has 1 aliphatic carbocycles. The zero-order valence-electron chi connectivity index (χ0n) is 20.1. The smallest absolute Gasteiger partial charge is 0.232 e. The van der Waals surface area contributed by atoms with E-state index in [0.717, 1.165) is 64.0 Å². The molecule has 0 amide bonds. The van der Waals surface area contributed by atoms with E-state index in [1.165, 1.54) is 0 Å². The second kappa shape index (κ2) is 8.90. The van der Waals surface area contributed by atoms with Gasteiger partial charge in [0.25, 0.3) is 0 Å². The van der Waals surface area contributed by atoms with Crippen LogP contribution in [0, 0.1) is 25.2 Å². The van der Waals surface area contributed by atoms with Gasteiger partial charge in [-0.3, -0.25) is 4.72 Å². The number of hydrogen-bond donors (Lipinski definition) is 1. The fourth-order valence-electron chi connectivity index (χ4n) is 4.98. The first-order valence-electron chi connectivity index (χ1n) is 11.9. The van der Waals surface area contributed by atoms with Crippen molar-refractivity contribution < 1.29 is 12.9 Å². The van der Waals surface area contributed by atoms with Gasteiger partial charge in [0.2, 0.25) is 10.0 Å². The molecule has 8 heteroatoms. The molecule has 180 valence electrons. The van der Waals surface area contributed by atoms with Gasteiger partial charge in [-0.1, -0.05) is 36.3 Å². The van der Waals surface area contributed by atoms with Crippen molar-refractivity contribution in [2.75, 3.05) is 10.5 Å². The summed E-state index contributed by atoms with van der Waals surface area (Å²) in [6.45, 7) is 5.68. The Morgan fingerprint density at radius 1 is 1.14 bits per heavy atom. The minimum Gasteiger partial charge on any atom is -0.361 e. The minimum absolute atomic E-state index is 0.0801. The molecule has 0 atom stereocenters. The number of fused-ring (bicyclic) bond motifs is 1. The number of nitrogens with one attached hydrogen (secondary N) is 1. The Kier molecular flexibility index (Phi) is 5.89. The van der Waals surface area contributed by atoms with Crippen LogP contribution in [0.3, 0.4) is 0 Å². The molecule has 2 aromatic carbocycles. The van der Waals surface area contributed by atoms with E-state index in [2.05, 4.69) is 26.6 Å². The molecule has 0 saturated heterocycles. The van der Waals surface area contributed by atoms with Crippen molar-refractivity contribution in [3.05, 3.63) is 59.5 Å². The third-order valence-corrected chi connectivity index (χ3v) is 8.27. The number of anilines is 1. The summed E-state index contributed by atoms with van der Waals surface area (Å²) in [6.07, 6.45) is 3.84. The lowest BCUT2D eigenvalue weighted by molar-refractivity contribution is 0.324. The summed E-state index contributed by atoms with van der Waals surface area (Å²) in [7, 11) is -3.37. The van der Waals surface area contributed by atoms with Crippen LogP contribution in [0.4, 0.5) is 5.69 Å². The summed E-state index contributed by atoms with van der Waals surface area (Å²) in [6, 6.07) is 16.3. The summed E-state index contributed by atoms with van der Waals surface area (Å²) in [5, 5.41) is 15.2. The summed E-state index contributed by atoms with van der Waals surface area (Å²) in [4.78, 5) is 0. The number of aryl methyl sites for hydroxylation is 2. The predicted octanol–water partition coefficient (Wildman–Crippen LogP) is 6.33. The first-order valence-corrected chi connectivity index (χ1v) is 13.6. The highest BCUT2D eigenvalue weighted by Gasteiger charge is 2.28. The van der Waals surface area contributed by atoms with Gasteiger partial charge in [0, 0.05) is 22.7 Å². The van der Waals surface area contributed by atoms with Crippen molar-refractivity contribution in [1.29, 1.82) is 5.26 Å². The van der Waals surface area contributed by atoms with Gasteiger partial charge in [-0.15, -0.1) is 0 Å². The van der Waals surface area contributed by atoms with E-state index in [9.17, 15) is 13.7 Å². The number of aromatic nitrogens is 2. The van der Waals surface area contributed by atoms with Gasteiger partial charge in [-0.05, 0) is 68.9 Å². The third-order valence-electron chi connectivity index (χ3n) is 6.78. The Bertz CT molecular complexity index is 1530. The zero-order chi connectivity index (χ0) is 24.7. The van der Waals surface area contributed by atoms with Crippen LogP contribution < -0.4 is 4.72 Å². The molecule has 2 heterocycles. The average molecular weight is 489 g/mol. The monoisotopic (exact) mass is 488 g/mol. The first kappa shape index (κ1) is 23.2. The average Bonchev–Trinajstić information content (AvgIpc) is 3.29. The molecule has 0 bridgehead atoms.